The zero-order chi connectivity index (χ0) is 15.0. The number of amides is 1. The van der Waals surface area contributed by atoms with E-state index in [0.29, 0.717) is 18.7 Å². The van der Waals surface area contributed by atoms with Crippen molar-refractivity contribution >= 4 is 17.5 Å². The van der Waals surface area contributed by atoms with E-state index in [1.165, 1.54) is 12.3 Å². The van der Waals surface area contributed by atoms with E-state index >= 15 is 0 Å². The second kappa shape index (κ2) is 5.37. The molecule has 2 aromatic rings. The molecular weight excluding hydrogens is 292 g/mol. The number of hydrogen-bond donors (Lipinski definition) is 2. The van der Waals surface area contributed by atoms with Crippen LogP contribution >= 0.6 is 11.6 Å². The van der Waals surface area contributed by atoms with Gasteiger partial charge in [-0.05, 0) is 19.4 Å². The van der Waals surface area contributed by atoms with E-state index in [1.54, 1.807) is 11.1 Å². The van der Waals surface area contributed by atoms with E-state index in [1.807, 2.05) is 6.92 Å². The molecule has 2 aromatic heterocycles. The predicted octanol–water partition coefficient (Wildman–Crippen LogP) is 1.69. The zero-order valence-corrected chi connectivity index (χ0v) is 12.3. The van der Waals surface area contributed by atoms with E-state index in [9.17, 15) is 9.59 Å². The number of nitrogens with zero attached hydrogens (tertiary/aromatic N) is 2. The molecule has 1 fully saturated rings. The molecule has 0 aromatic carbocycles. The van der Waals surface area contributed by atoms with E-state index in [0.717, 1.165) is 17.9 Å². The largest absolute Gasteiger partial charge is 0.346 e. The number of aryl methyl sites for hydroxylation is 1. The minimum atomic E-state index is -0.390. The van der Waals surface area contributed by atoms with Crippen molar-refractivity contribution in [1.82, 2.24) is 19.9 Å². The van der Waals surface area contributed by atoms with Crippen LogP contribution in [0.2, 0.25) is 5.02 Å². The van der Waals surface area contributed by atoms with Gasteiger partial charge in [-0.1, -0.05) is 11.6 Å². The Hall–Kier alpha value is -2.08. The van der Waals surface area contributed by atoms with Crippen molar-refractivity contribution in [2.75, 3.05) is 13.1 Å². The van der Waals surface area contributed by atoms with Crippen LogP contribution in [0.15, 0.2) is 23.3 Å². The summed E-state index contributed by atoms with van der Waals surface area (Å²) in [5.41, 5.74) is 1.02. The number of carbonyl (C=O) groups excluding carboxylic acids is 1. The number of hydrogen-bond acceptors (Lipinski definition) is 3. The normalized spacial score (nSPS) is 18.2. The van der Waals surface area contributed by atoms with Crippen molar-refractivity contribution in [2.24, 2.45) is 0 Å². The number of likely N-dealkylation sites (tertiary alicyclic amines) is 1. The molecule has 1 atom stereocenters. The van der Waals surface area contributed by atoms with Crippen molar-refractivity contribution in [3.8, 4) is 0 Å². The Balaban J connectivity index is 1.74. The smallest absolute Gasteiger partial charge is 0.266 e. The van der Waals surface area contributed by atoms with Crippen LogP contribution in [-0.2, 0) is 0 Å². The summed E-state index contributed by atoms with van der Waals surface area (Å²) in [5, 5.41) is 0.0262. The van der Waals surface area contributed by atoms with Crippen molar-refractivity contribution in [1.29, 1.82) is 0 Å². The molecule has 110 valence electrons. The zero-order valence-electron chi connectivity index (χ0n) is 11.5. The average Bonchev–Trinajstić information content (AvgIpc) is 3.09. The van der Waals surface area contributed by atoms with Crippen LogP contribution in [0.4, 0.5) is 0 Å². The number of H-pyrrole nitrogens is 2. The topological polar surface area (TPSA) is 81.8 Å². The summed E-state index contributed by atoms with van der Waals surface area (Å²) < 4.78 is 0. The number of imidazole rings is 1. The van der Waals surface area contributed by atoms with E-state index in [-0.39, 0.29) is 16.8 Å². The fourth-order valence-corrected chi connectivity index (χ4v) is 2.74. The summed E-state index contributed by atoms with van der Waals surface area (Å²) in [6.45, 7) is 3.24. The van der Waals surface area contributed by atoms with Crippen LogP contribution in [0.1, 0.15) is 34.2 Å². The molecule has 3 heterocycles. The van der Waals surface area contributed by atoms with Gasteiger partial charge in [-0.2, -0.15) is 0 Å². The molecular formula is C14H15ClN4O2. The number of pyridine rings is 1. The summed E-state index contributed by atoms with van der Waals surface area (Å²) in [5.74, 6) is 1.02. The monoisotopic (exact) mass is 306 g/mol. The quantitative estimate of drug-likeness (QED) is 0.886. The standard InChI is InChI=1S/C14H15ClN4O2/c1-8-5-16-12(18-8)9-2-3-19(7-9)14(21)10-4-11(15)13(20)17-6-10/h4-6,9H,2-3,7H2,1H3,(H,16,18)(H,17,20). The SMILES string of the molecule is Cc1cnc(C2CCN(C(=O)c3c[nH]c(=O)c(Cl)c3)C2)[nH]1. The lowest BCUT2D eigenvalue weighted by Crippen LogP contribution is -2.29. The Bertz CT molecular complexity index is 737. The van der Waals surface area contributed by atoms with Gasteiger partial charge in [0.2, 0.25) is 0 Å². The van der Waals surface area contributed by atoms with Crippen LogP contribution in [0.5, 0.6) is 0 Å². The number of aromatic nitrogens is 3. The number of nitrogens with one attached hydrogen (secondary N) is 2. The Morgan fingerprint density at radius 3 is 3.00 bits per heavy atom. The summed E-state index contributed by atoms with van der Waals surface area (Å²) in [6.07, 6.45) is 4.07. The van der Waals surface area contributed by atoms with Gasteiger partial charge in [0.1, 0.15) is 10.8 Å². The third kappa shape index (κ3) is 2.71. The molecule has 0 saturated carbocycles. The first kappa shape index (κ1) is 13.9. The fraction of sp³-hybridized carbons (Fsp3) is 0.357. The number of rotatable bonds is 2. The van der Waals surface area contributed by atoms with Gasteiger partial charge in [0.05, 0.1) is 5.56 Å². The first-order valence-electron chi connectivity index (χ1n) is 6.73. The maximum Gasteiger partial charge on any atom is 0.266 e. The molecule has 3 rings (SSSR count). The van der Waals surface area contributed by atoms with Crippen LogP contribution in [0, 0.1) is 6.92 Å². The summed E-state index contributed by atoms with van der Waals surface area (Å²) in [4.78, 5) is 35.4. The maximum atomic E-state index is 12.4. The molecule has 0 radical (unpaired) electrons. The molecule has 7 heteroatoms. The molecule has 1 saturated heterocycles. The van der Waals surface area contributed by atoms with Gasteiger partial charge in [0.25, 0.3) is 11.5 Å². The van der Waals surface area contributed by atoms with Gasteiger partial charge < -0.3 is 14.9 Å². The predicted molar refractivity (Wildman–Crippen MR) is 78.7 cm³/mol. The summed E-state index contributed by atoms with van der Waals surface area (Å²) in [7, 11) is 0. The minimum absolute atomic E-state index is 0.0262. The highest BCUT2D eigenvalue weighted by Gasteiger charge is 2.29. The van der Waals surface area contributed by atoms with Gasteiger partial charge in [-0.15, -0.1) is 0 Å². The third-order valence-corrected chi connectivity index (χ3v) is 3.97. The molecule has 1 aliphatic heterocycles. The second-order valence-electron chi connectivity index (χ2n) is 5.25. The van der Waals surface area contributed by atoms with Crippen LogP contribution in [0.25, 0.3) is 0 Å². The first-order valence-corrected chi connectivity index (χ1v) is 7.11. The van der Waals surface area contributed by atoms with Crippen molar-refractivity contribution in [3.63, 3.8) is 0 Å². The fourth-order valence-electron chi connectivity index (χ4n) is 2.57. The second-order valence-corrected chi connectivity index (χ2v) is 5.66. The van der Waals surface area contributed by atoms with Crippen molar-refractivity contribution in [2.45, 2.75) is 19.3 Å². The van der Waals surface area contributed by atoms with Gasteiger partial charge in [0, 0.05) is 37.1 Å². The molecule has 0 bridgehead atoms. The Labute approximate surface area is 126 Å². The molecule has 6 nitrogen and oxygen atoms in total. The molecule has 21 heavy (non-hydrogen) atoms. The highest BCUT2D eigenvalue weighted by molar-refractivity contribution is 6.30. The number of halogens is 1. The Kier molecular flexibility index (Phi) is 3.55. The van der Waals surface area contributed by atoms with Crippen molar-refractivity contribution in [3.05, 3.63) is 50.9 Å². The minimum Gasteiger partial charge on any atom is -0.346 e. The number of aromatic amines is 2. The highest BCUT2D eigenvalue weighted by atomic mass is 35.5. The summed E-state index contributed by atoms with van der Waals surface area (Å²) >= 11 is 5.76. The molecule has 1 amide bonds. The molecule has 0 spiro atoms. The molecule has 1 aliphatic rings. The molecule has 2 N–H and O–H groups in total. The van der Waals surface area contributed by atoms with Gasteiger partial charge in [-0.3, -0.25) is 9.59 Å². The lowest BCUT2D eigenvalue weighted by Gasteiger charge is -2.16. The van der Waals surface area contributed by atoms with Gasteiger partial charge >= 0.3 is 0 Å². The lowest BCUT2D eigenvalue weighted by atomic mass is 10.1. The molecule has 0 aliphatic carbocycles. The number of carbonyl (C=O) groups is 1. The molecule has 1 unspecified atom stereocenters. The highest BCUT2D eigenvalue weighted by Crippen LogP contribution is 2.26. The van der Waals surface area contributed by atoms with Crippen LogP contribution in [-0.4, -0.2) is 38.8 Å². The maximum absolute atomic E-state index is 12.4. The third-order valence-electron chi connectivity index (χ3n) is 3.69. The Morgan fingerprint density at radius 1 is 1.52 bits per heavy atom. The lowest BCUT2D eigenvalue weighted by molar-refractivity contribution is 0.0790. The van der Waals surface area contributed by atoms with E-state index < -0.39 is 5.56 Å². The van der Waals surface area contributed by atoms with Gasteiger partial charge in [-0.25, -0.2) is 4.98 Å². The van der Waals surface area contributed by atoms with Gasteiger partial charge in [0.15, 0.2) is 0 Å². The van der Waals surface area contributed by atoms with E-state index in [2.05, 4.69) is 15.0 Å². The average molecular weight is 307 g/mol. The van der Waals surface area contributed by atoms with Crippen LogP contribution < -0.4 is 5.56 Å². The van der Waals surface area contributed by atoms with E-state index in [4.69, 9.17) is 11.6 Å². The summed E-state index contributed by atoms with van der Waals surface area (Å²) in [6, 6.07) is 1.41. The van der Waals surface area contributed by atoms with Crippen LogP contribution in [0.3, 0.4) is 0 Å². The first-order chi connectivity index (χ1) is 10.0. The van der Waals surface area contributed by atoms with Crippen molar-refractivity contribution < 1.29 is 4.79 Å². The Morgan fingerprint density at radius 2 is 2.33 bits per heavy atom.